The number of carbonyl (C=O) groups is 1. The predicted octanol–water partition coefficient (Wildman–Crippen LogP) is 1.74. The molecule has 2 heterocycles. The molecule has 5 nitrogen and oxygen atoms in total. The molecule has 2 aromatic heterocycles. The zero-order chi connectivity index (χ0) is 13.8. The van der Waals surface area contributed by atoms with Crippen molar-refractivity contribution in [2.75, 3.05) is 13.6 Å². The van der Waals surface area contributed by atoms with Gasteiger partial charge in [0, 0.05) is 31.2 Å². The fourth-order valence-corrected chi connectivity index (χ4v) is 2.64. The first-order valence-corrected chi connectivity index (χ1v) is 7.04. The number of amides is 1. The third kappa shape index (κ3) is 3.02. The number of imidazole rings is 1. The molecule has 2 aromatic rings. The summed E-state index contributed by atoms with van der Waals surface area (Å²) < 4.78 is 1.83. The van der Waals surface area contributed by atoms with E-state index >= 15 is 0 Å². The van der Waals surface area contributed by atoms with E-state index in [0.29, 0.717) is 18.8 Å². The molecule has 0 aliphatic heterocycles. The Morgan fingerprint density at radius 2 is 2.42 bits per heavy atom. The number of rotatable bonds is 5. The van der Waals surface area contributed by atoms with Gasteiger partial charge in [0.25, 0.3) is 5.91 Å². The first-order chi connectivity index (χ1) is 9.13. The molecule has 6 heteroatoms. The van der Waals surface area contributed by atoms with E-state index in [4.69, 9.17) is 5.73 Å². The fraction of sp³-hybridized carbons (Fsp3) is 0.385. The molecule has 19 heavy (non-hydrogen) atoms. The van der Waals surface area contributed by atoms with Gasteiger partial charge in [-0.05, 0) is 18.4 Å². The highest BCUT2D eigenvalue weighted by molar-refractivity contribution is 7.10. The summed E-state index contributed by atoms with van der Waals surface area (Å²) in [5, 5.41) is 2.01. The van der Waals surface area contributed by atoms with Gasteiger partial charge in [-0.1, -0.05) is 6.07 Å². The largest absolute Gasteiger partial charge is 0.335 e. The Hall–Kier alpha value is -1.66. The summed E-state index contributed by atoms with van der Waals surface area (Å²) in [6.45, 7) is 3.22. The average molecular weight is 278 g/mol. The van der Waals surface area contributed by atoms with Crippen LogP contribution < -0.4 is 5.73 Å². The Kier molecular flexibility index (Phi) is 4.34. The van der Waals surface area contributed by atoms with Crippen LogP contribution in [0.15, 0.2) is 30.0 Å². The van der Waals surface area contributed by atoms with Crippen LogP contribution >= 0.6 is 11.3 Å². The van der Waals surface area contributed by atoms with Crippen LogP contribution in [0.3, 0.4) is 0 Å². The molecule has 0 saturated heterocycles. The summed E-state index contributed by atoms with van der Waals surface area (Å²) in [5.41, 5.74) is 5.93. The minimum atomic E-state index is -0.0725. The number of hydrogen-bond donors (Lipinski definition) is 1. The first-order valence-electron chi connectivity index (χ1n) is 6.16. The Labute approximate surface area is 116 Å². The summed E-state index contributed by atoms with van der Waals surface area (Å²) >= 11 is 1.65. The van der Waals surface area contributed by atoms with Crippen LogP contribution in [0.2, 0.25) is 0 Å². The van der Waals surface area contributed by atoms with Gasteiger partial charge in [0.1, 0.15) is 5.69 Å². The number of thiophene rings is 1. The molecule has 0 radical (unpaired) electrons. The predicted molar refractivity (Wildman–Crippen MR) is 76.1 cm³/mol. The van der Waals surface area contributed by atoms with Crippen LogP contribution in [0, 0.1) is 0 Å². The van der Waals surface area contributed by atoms with Crippen molar-refractivity contribution in [3.8, 4) is 0 Å². The van der Waals surface area contributed by atoms with Crippen LogP contribution in [0.5, 0.6) is 0 Å². The highest BCUT2D eigenvalue weighted by atomic mass is 32.1. The van der Waals surface area contributed by atoms with Crippen LogP contribution in [0.1, 0.15) is 28.3 Å². The Morgan fingerprint density at radius 1 is 1.63 bits per heavy atom. The number of carbonyl (C=O) groups excluding carboxylic acids is 1. The topological polar surface area (TPSA) is 64.2 Å². The molecule has 0 fully saturated rings. The van der Waals surface area contributed by atoms with Gasteiger partial charge in [0.05, 0.1) is 12.4 Å². The Morgan fingerprint density at radius 3 is 3.05 bits per heavy atom. The fourth-order valence-electron chi connectivity index (χ4n) is 1.82. The zero-order valence-corrected chi connectivity index (χ0v) is 11.9. The van der Waals surface area contributed by atoms with Crippen molar-refractivity contribution >= 4 is 17.2 Å². The van der Waals surface area contributed by atoms with Crippen molar-refractivity contribution in [3.05, 3.63) is 40.6 Å². The van der Waals surface area contributed by atoms with Crippen molar-refractivity contribution < 1.29 is 4.79 Å². The standard InChI is InChI=1S/C13H18N4OS/c1-10(12-4-3-7-19-12)16(2)13(18)11-8-17(6-5-14)9-15-11/h3-4,7-10H,5-6,14H2,1-2H3. The zero-order valence-electron chi connectivity index (χ0n) is 11.1. The van der Waals surface area contributed by atoms with Crippen LogP contribution in [-0.2, 0) is 6.54 Å². The molecule has 1 amide bonds. The molecule has 0 bridgehead atoms. The van der Waals surface area contributed by atoms with Gasteiger partial charge in [-0.3, -0.25) is 4.79 Å². The van der Waals surface area contributed by atoms with E-state index in [0.717, 1.165) is 4.88 Å². The van der Waals surface area contributed by atoms with E-state index in [2.05, 4.69) is 4.98 Å². The second kappa shape index (κ2) is 5.99. The minimum Gasteiger partial charge on any atom is -0.335 e. The van der Waals surface area contributed by atoms with E-state index in [-0.39, 0.29) is 11.9 Å². The summed E-state index contributed by atoms with van der Waals surface area (Å²) in [7, 11) is 1.80. The lowest BCUT2D eigenvalue weighted by Gasteiger charge is -2.23. The highest BCUT2D eigenvalue weighted by Gasteiger charge is 2.21. The monoisotopic (exact) mass is 278 g/mol. The minimum absolute atomic E-state index is 0.0483. The van der Waals surface area contributed by atoms with Crippen LogP contribution in [0.4, 0.5) is 0 Å². The molecule has 2 rings (SSSR count). The van der Waals surface area contributed by atoms with Gasteiger partial charge >= 0.3 is 0 Å². The smallest absolute Gasteiger partial charge is 0.274 e. The van der Waals surface area contributed by atoms with E-state index < -0.39 is 0 Å². The SMILES string of the molecule is CC(c1cccs1)N(C)C(=O)c1cn(CCN)cn1. The van der Waals surface area contributed by atoms with Gasteiger partial charge in [-0.15, -0.1) is 11.3 Å². The Balaban J connectivity index is 2.09. The number of nitrogens with zero attached hydrogens (tertiary/aromatic N) is 3. The van der Waals surface area contributed by atoms with E-state index in [1.54, 1.807) is 35.8 Å². The first kappa shape index (κ1) is 13.8. The second-order valence-electron chi connectivity index (χ2n) is 4.39. The maximum atomic E-state index is 12.3. The molecule has 102 valence electrons. The van der Waals surface area contributed by atoms with Crippen molar-refractivity contribution in [1.29, 1.82) is 0 Å². The summed E-state index contributed by atoms with van der Waals surface area (Å²) in [4.78, 5) is 19.3. The molecule has 1 atom stereocenters. The second-order valence-corrected chi connectivity index (χ2v) is 5.37. The maximum absolute atomic E-state index is 12.3. The maximum Gasteiger partial charge on any atom is 0.274 e. The van der Waals surface area contributed by atoms with E-state index in [1.165, 1.54) is 0 Å². The third-order valence-corrected chi connectivity index (χ3v) is 4.14. The molecule has 0 aliphatic rings. The molecule has 2 N–H and O–H groups in total. The van der Waals surface area contributed by atoms with Crippen molar-refractivity contribution in [2.24, 2.45) is 5.73 Å². The van der Waals surface area contributed by atoms with Gasteiger partial charge < -0.3 is 15.2 Å². The van der Waals surface area contributed by atoms with Gasteiger partial charge in [-0.2, -0.15) is 0 Å². The van der Waals surface area contributed by atoms with Crippen molar-refractivity contribution in [3.63, 3.8) is 0 Å². The molecular formula is C13H18N4OS. The highest BCUT2D eigenvalue weighted by Crippen LogP contribution is 2.24. The van der Waals surface area contributed by atoms with Crippen LogP contribution in [0.25, 0.3) is 0 Å². The summed E-state index contributed by atoms with van der Waals surface area (Å²) in [6, 6.07) is 4.07. The molecule has 0 spiro atoms. The Bertz CT molecular complexity index is 535. The molecular weight excluding hydrogens is 260 g/mol. The van der Waals surface area contributed by atoms with E-state index in [9.17, 15) is 4.79 Å². The molecule has 1 unspecified atom stereocenters. The van der Waals surface area contributed by atoms with Crippen molar-refractivity contribution in [2.45, 2.75) is 19.5 Å². The number of nitrogens with two attached hydrogens (primary N) is 1. The normalized spacial score (nSPS) is 12.4. The molecule has 0 aromatic carbocycles. The lowest BCUT2D eigenvalue weighted by Crippen LogP contribution is -2.29. The third-order valence-electron chi connectivity index (χ3n) is 3.10. The summed E-state index contributed by atoms with van der Waals surface area (Å²) in [6.07, 6.45) is 3.39. The average Bonchev–Trinajstić information content (AvgIpc) is 3.07. The quantitative estimate of drug-likeness (QED) is 0.906. The number of aromatic nitrogens is 2. The lowest BCUT2D eigenvalue weighted by molar-refractivity contribution is 0.0739. The van der Waals surface area contributed by atoms with E-state index in [1.807, 2.05) is 29.0 Å². The van der Waals surface area contributed by atoms with Gasteiger partial charge in [0.2, 0.25) is 0 Å². The summed E-state index contributed by atoms with van der Waals surface area (Å²) in [5.74, 6) is -0.0725. The van der Waals surface area contributed by atoms with Crippen LogP contribution in [-0.4, -0.2) is 34.0 Å². The van der Waals surface area contributed by atoms with Crippen molar-refractivity contribution in [1.82, 2.24) is 14.5 Å². The number of hydrogen-bond acceptors (Lipinski definition) is 4. The molecule has 0 saturated carbocycles. The molecule has 0 aliphatic carbocycles. The van der Waals surface area contributed by atoms with Gasteiger partial charge in [-0.25, -0.2) is 4.98 Å². The van der Waals surface area contributed by atoms with Gasteiger partial charge in [0.15, 0.2) is 0 Å². The lowest BCUT2D eigenvalue weighted by atomic mass is 10.2.